The quantitative estimate of drug-likeness (QED) is 0.798. The van der Waals surface area contributed by atoms with Crippen LogP contribution in [0, 0.1) is 18.3 Å². The molecule has 1 amide bonds. The Morgan fingerprint density at radius 1 is 1.33 bits per heavy atom. The number of nitrogens with one attached hydrogen (secondary N) is 1. The summed E-state index contributed by atoms with van der Waals surface area (Å²) in [4.78, 5) is 16.0. The number of fused-ring (bicyclic) bond motifs is 1. The van der Waals surface area contributed by atoms with Gasteiger partial charge in [-0.2, -0.15) is 5.26 Å². The highest BCUT2D eigenvalue weighted by atomic mass is 16.5. The number of carbonyl (C=O) groups excluding carboxylic acids is 1. The molecule has 1 heterocycles. The molecule has 0 aliphatic carbocycles. The highest BCUT2D eigenvalue weighted by molar-refractivity contribution is 5.96. The second-order valence-electron chi connectivity index (χ2n) is 5.27. The molecular formula is C18H15N3O3. The van der Waals surface area contributed by atoms with Gasteiger partial charge in [-0.25, -0.2) is 4.98 Å². The summed E-state index contributed by atoms with van der Waals surface area (Å²) >= 11 is 0. The fourth-order valence-electron chi connectivity index (χ4n) is 2.32. The minimum absolute atomic E-state index is 0.0989. The zero-order valence-corrected chi connectivity index (χ0v) is 13.3. The van der Waals surface area contributed by atoms with Crippen LogP contribution < -0.4 is 10.1 Å². The molecule has 0 radical (unpaired) electrons. The zero-order valence-electron chi connectivity index (χ0n) is 13.3. The van der Waals surface area contributed by atoms with Crippen molar-refractivity contribution in [2.75, 3.05) is 7.05 Å². The molecule has 2 aromatic carbocycles. The molecule has 0 fully saturated rings. The first-order valence-electron chi connectivity index (χ1n) is 7.36. The van der Waals surface area contributed by atoms with Gasteiger partial charge in [-0.1, -0.05) is 6.07 Å². The summed E-state index contributed by atoms with van der Waals surface area (Å²) in [5.41, 5.74) is 3.11. The van der Waals surface area contributed by atoms with Gasteiger partial charge in [0.15, 0.2) is 12.2 Å². The largest absolute Gasteiger partial charge is 0.482 e. The number of amides is 1. The van der Waals surface area contributed by atoms with Gasteiger partial charge in [0.25, 0.3) is 5.91 Å². The molecule has 24 heavy (non-hydrogen) atoms. The van der Waals surface area contributed by atoms with Crippen LogP contribution in [0.3, 0.4) is 0 Å². The van der Waals surface area contributed by atoms with Crippen molar-refractivity contribution in [3.63, 3.8) is 0 Å². The molecule has 0 spiro atoms. The lowest BCUT2D eigenvalue weighted by atomic mass is 10.1. The van der Waals surface area contributed by atoms with Crippen molar-refractivity contribution >= 4 is 17.0 Å². The second-order valence-corrected chi connectivity index (χ2v) is 5.27. The highest BCUT2D eigenvalue weighted by Gasteiger charge is 2.11. The molecule has 0 atom stereocenters. The van der Waals surface area contributed by atoms with Crippen LogP contribution in [0.1, 0.15) is 27.4 Å². The SMILES string of the molecule is CNC(=O)c1ccc2nc(COc3ccc(C)cc3C#N)oc2c1. The maximum absolute atomic E-state index is 11.6. The van der Waals surface area contributed by atoms with E-state index >= 15 is 0 Å². The summed E-state index contributed by atoms with van der Waals surface area (Å²) in [6.07, 6.45) is 0. The number of oxazole rings is 1. The summed E-state index contributed by atoms with van der Waals surface area (Å²) in [6.45, 7) is 2.01. The van der Waals surface area contributed by atoms with Crippen LogP contribution in [0.2, 0.25) is 0 Å². The van der Waals surface area contributed by atoms with Crippen LogP contribution in [0.4, 0.5) is 0 Å². The van der Waals surface area contributed by atoms with Crippen LogP contribution in [0.25, 0.3) is 11.1 Å². The third kappa shape index (κ3) is 3.06. The Balaban J connectivity index is 1.81. The first-order chi connectivity index (χ1) is 11.6. The monoisotopic (exact) mass is 321 g/mol. The van der Waals surface area contributed by atoms with Crippen LogP contribution in [-0.4, -0.2) is 17.9 Å². The fourth-order valence-corrected chi connectivity index (χ4v) is 2.32. The van der Waals surface area contributed by atoms with Crippen molar-refractivity contribution in [1.29, 1.82) is 5.26 Å². The van der Waals surface area contributed by atoms with Gasteiger partial charge in [-0.15, -0.1) is 0 Å². The normalized spacial score (nSPS) is 10.4. The van der Waals surface area contributed by atoms with Crippen LogP contribution in [-0.2, 0) is 6.61 Å². The molecule has 3 aromatic rings. The Morgan fingerprint density at radius 2 is 2.17 bits per heavy atom. The lowest BCUT2D eigenvalue weighted by molar-refractivity contribution is 0.0963. The molecule has 0 unspecified atom stereocenters. The number of hydrogen-bond donors (Lipinski definition) is 1. The number of nitriles is 1. The Kier molecular flexibility index (Phi) is 4.17. The van der Waals surface area contributed by atoms with E-state index in [-0.39, 0.29) is 12.5 Å². The Morgan fingerprint density at radius 3 is 2.92 bits per heavy atom. The molecule has 0 saturated heterocycles. The molecule has 6 nitrogen and oxygen atoms in total. The van der Waals surface area contributed by atoms with E-state index in [1.165, 1.54) is 0 Å². The van der Waals surface area contributed by atoms with Crippen molar-refractivity contribution in [2.45, 2.75) is 13.5 Å². The maximum atomic E-state index is 11.6. The van der Waals surface area contributed by atoms with Gasteiger partial charge in [-0.3, -0.25) is 4.79 Å². The standard InChI is InChI=1S/C18H15N3O3/c1-11-3-6-15(13(7-11)9-19)23-10-17-21-14-5-4-12(18(22)20-2)8-16(14)24-17/h3-8H,10H2,1-2H3,(H,20,22). The fraction of sp³-hybridized carbons (Fsp3) is 0.167. The van der Waals surface area contributed by atoms with Gasteiger partial charge >= 0.3 is 0 Å². The first-order valence-corrected chi connectivity index (χ1v) is 7.36. The predicted molar refractivity (Wildman–Crippen MR) is 87.6 cm³/mol. The molecular weight excluding hydrogens is 306 g/mol. The molecule has 6 heteroatoms. The molecule has 120 valence electrons. The summed E-state index contributed by atoms with van der Waals surface area (Å²) in [7, 11) is 1.57. The Labute approximate surface area is 138 Å². The Bertz CT molecular complexity index is 954. The van der Waals surface area contributed by atoms with Gasteiger partial charge in [-0.05, 0) is 42.8 Å². The topological polar surface area (TPSA) is 88.1 Å². The summed E-state index contributed by atoms with van der Waals surface area (Å²) in [5.74, 6) is 0.671. The number of ether oxygens (including phenoxy) is 1. The van der Waals surface area contributed by atoms with E-state index in [0.29, 0.717) is 33.9 Å². The van der Waals surface area contributed by atoms with E-state index in [1.807, 2.05) is 13.0 Å². The van der Waals surface area contributed by atoms with Gasteiger partial charge in [0.05, 0.1) is 5.56 Å². The zero-order chi connectivity index (χ0) is 17.1. The van der Waals surface area contributed by atoms with Gasteiger partial charge < -0.3 is 14.5 Å². The number of rotatable bonds is 4. The lowest BCUT2D eigenvalue weighted by Crippen LogP contribution is -2.17. The van der Waals surface area contributed by atoms with Gasteiger partial charge in [0.2, 0.25) is 5.89 Å². The van der Waals surface area contributed by atoms with Gasteiger partial charge in [0, 0.05) is 12.6 Å². The van der Waals surface area contributed by atoms with E-state index in [1.54, 1.807) is 37.4 Å². The van der Waals surface area contributed by atoms with Crippen molar-refractivity contribution in [3.05, 3.63) is 59.0 Å². The minimum atomic E-state index is -0.190. The van der Waals surface area contributed by atoms with E-state index in [9.17, 15) is 4.79 Å². The third-order valence-electron chi connectivity index (χ3n) is 3.53. The maximum Gasteiger partial charge on any atom is 0.251 e. The van der Waals surface area contributed by atoms with Crippen molar-refractivity contribution in [2.24, 2.45) is 0 Å². The number of nitrogens with zero attached hydrogens (tertiary/aromatic N) is 2. The lowest BCUT2D eigenvalue weighted by Gasteiger charge is -2.05. The van der Waals surface area contributed by atoms with Crippen molar-refractivity contribution in [1.82, 2.24) is 10.3 Å². The number of aromatic nitrogens is 1. The molecule has 0 saturated carbocycles. The molecule has 1 aromatic heterocycles. The Hall–Kier alpha value is -3.33. The van der Waals surface area contributed by atoms with Gasteiger partial charge in [0.1, 0.15) is 17.3 Å². The highest BCUT2D eigenvalue weighted by Crippen LogP contribution is 2.22. The minimum Gasteiger partial charge on any atom is -0.482 e. The summed E-state index contributed by atoms with van der Waals surface area (Å²) in [6, 6.07) is 12.5. The number of aryl methyl sites for hydroxylation is 1. The first kappa shape index (κ1) is 15.6. The molecule has 0 bridgehead atoms. The smallest absolute Gasteiger partial charge is 0.251 e. The molecule has 1 N–H and O–H groups in total. The second kappa shape index (κ2) is 6.42. The van der Waals surface area contributed by atoms with Crippen LogP contribution in [0.5, 0.6) is 5.75 Å². The van der Waals surface area contributed by atoms with Crippen molar-refractivity contribution < 1.29 is 13.9 Å². The average Bonchev–Trinajstić information content (AvgIpc) is 3.01. The number of benzene rings is 2. The number of hydrogen-bond acceptors (Lipinski definition) is 5. The average molecular weight is 321 g/mol. The van der Waals surface area contributed by atoms with E-state index in [2.05, 4.69) is 16.4 Å². The van der Waals surface area contributed by atoms with Crippen LogP contribution >= 0.6 is 0 Å². The van der Waals surface area contributed by atoms with E-state index in [4.69, 9.17) is 14.4 Å². The molecule has 3 rings (SSSR count). The van der Waals surface area contributed by atoms with E-state index in [0.717, 1.165) is 5.56 Å². The number of carbonyl (C=O) groups is 1. The van der Waals surface area contributed by atoms with E-state index < -0.39 is 0 Å². The van der Waals surface area contributed by atoms with Crippen molar-refractivity contribution in [3.8, 4) is 11.8 Å². The third-order valence-corrected chi connectivity index (χ3v) is 3.53. The van der Waals surface area contributed by atoms with Crippen LogP contribution in [0.15, 0.2) is 40.8 Å². The molecule has 0 aliphatic heterocycles. The summed E-state index contributed by atoms with van der Waals surface area (Å²) in [5, 5.41) is 11.7. The summed E-state index contributed by atoms with van der Waals surface area (Å²) < 4.78 is 11.3. The predicted octanol–water partition coefficient (Wildman–Crippen LogP) is 2.95. The molecule has 0 aliphatic rings.